The molecule has 0 heterocycles. The lowest BCUT2D eigenvalue weighted by Crippen LogP contribution is -2.46. The minimum absolute atomic E-state index is 0.0163. The number of amides is 1. The van der Waals surface area contributed by atoms with Crippen molar-refractivity contribution < 1.29 is 32.9 Å². The zero-order valence-electron chi connectivity index (χ0n) is 41.7. The number of phosphoric acid groups is 1. The number of likely N-dealkylation sites (N-methyl/N-ethyl adjacent to an activating group) is 1. The van der Waals surface area contributed by atoms with Crippen molar-refractivity contribution in [2.45, 2.75) is 289 Å². The smallest absolute Gasteiger partial charge is 0.268 e. The van der Waals surface area contributed by atoms with Gasteiger partial charge in [0.1, 0.15) is 13.2 Å². The molecule has 0 aliphatic rings. The van der Waals surface area contributed by atoms with Crippen LogP contribution in [0.15, 0.2) is 0 Å². The van der Waals surface area contributed by atoms with Gasteiger partial charge in [-0.3, -0.25) is 9.36 Å². The van der Waals surface area contributed by atoms with Gasteiger partial charge < -0.3 is 28.8 Å². The van der Waals surface area contributed by atoms with Gasteiger partial charge in [0.15, 0.2) is 0 Å². The van der Waals surface area contributed by atoms with E-state index in [4.69, 9.17) is 9.05 Å². The van der Waals surface area contributed by atoms with Gasteiger partial charge >= 0.3 is 0 Å². The fourth-order valence-electron chi connectivity index (χ4n) is 8.34. The van der Waals surface area contributed by atoms with E-state index >= 15 is 0 Å². The van der Waals surface area contributed by atoms with Gasteiger partial charge in [-0.05, 0) is 12.8 Å². The van der Waals surface area contributed by atoms with Crippen LogP contribution in [-0.4, -0.2) is 68.5 Å². The summed E-state index contributed by atoms with van der Waals surface area (Å²) in [6.45, 7) is 4.76. The molecule has 0 aliphatic carbocycles. The zero-order chi connectivity index (χ0) is 45.0. The van der Waals surface area contributed by atoms with Crippen molar-refractivity contribution in [3.8, 4) is 0 Å². The molecule has 0 aromatic carbocycles. The first-order valence-electron chi connectivity index (χ1n) is 26.9. The van der Waals surface area contributed by atoms with Gasteiger partial charge in [-0.15, -0.1) is 0 Å². The summed E-state index contributed by atoms with van der Waals surface area (Å²) in [4.78, 5) is 25.4. The average molecular weight is 887 g/mol. The quantitative estimate of drug-likeness (QED) is 0.0358. The summed E-state index contributed by atoms with van der Waals surface area (Å²) in [5.41, 5.74) is 0. The highest BCUT2D eigenvalue weighted by Crippen LogP contribution is 2.38. The van der Waals surface area contributed by atoms with E-state index in [1.165, 1.54) is 212 Å². The van der Waals surface area contributed by atoms with E-state index in [2.05, 4.69) is 19.2 Å². The maximum absolute atomic E-state index is 12.9. The highest BCUT2D eigenvalue weighted by atomic mass is 31.2. The molecule has 0 aromatic rings. The summed E-state index contributed by atoms with van der Waals surface area (Å²) < 4.78 is 23.3. The third-order valence-corrected chi connectivity index (χ3v) is 13.6. The zero-order valence-corrected chi connectivity index (χ0v) is 42.5. The highest BCUT2D eigenvalue weighted by Gasteiger charge is 2.24. The Labute approximate surface area is 380 Å². The number of carbonyl (C=O) groups excluding carboxylic acids is 1. The topological polar surface area (TPSA) is 108 Å². The van der Waals surface area contributed by atoms with Crippen LogP contribution in [0.5, 0.6) is 0 Å². The van der Waals surface area contributed by atoms with E-state index in [9.17, 15) is 19.4 Å². The molecule has 0 saturated carbocycles. The second-order valence-corrected chi connectivity index (χ2v) is 21.4. The molecule has 0 aromatic heterocycles. The molecule has 3 atom stereocenters. The van der Waals surface area contributed by atoms with E-state index < -0.39 is 20.0 Å². The SMILES string of the molecule is CCCCCCCCCCCCCCCCCCCCCCCCCCCCC(=O)NC(COP(=O)([O-])OCC[N+](C)(C)C)C(O)CCCCCCCCCCCCCCC. The van der Waals surface area contributed by atoms with E-state index in [-0.39, 0.29) is 19.1 Å². The minimum atomic E-state index is -4.56. The lowest BCUT2D eigenvalue weighted by molar-refractivity contribution is -0.870. The van der Waals surface area contributed by atoms with Crippen LogP contribution in [0.4, 0.5) is 0 Å². The van der Waals surface area contributed by atoms with Crippen LogP contribution in [0.1, 0.15) is 277 Å². The second-order valence-electron chi connectivity index (χ2n) is 20.0. The van der Waals surface area contributed by atoms with Crippen molar-refractivity contribution in [2.75, 3.05) is 40.9 Å². The standard InChI is InChI=1S/C52H107N2O6P/c1-6-8-10-12-14-16-18-20-21-22-23-24-25-26-27-28-29-30-31-32-34-36-38-40-42-44-46-52(56)53-50(49-60-61(57,58)59-48-47-54(3,4)5)51(55)45-43-41-39-37-35-33-19-17-15-13-11-9-7-2/h50-51,55H,6-49H2,1-5H3,(H-,53,56,57,58). The van der Waals surface area contributed by atoms with E-state index in [0.29, 0.717) is 23.9 Å². The fourth-order valence-corrected chi connectivity index (χ4v) is 9.06. The number of aliphatic hydroxyl groups is 1. The predicted molar refractivity (Wildman–Crippen MR) is 261 cm³/mol. The Hall–Kier alpha value is -0.500. The summed E-state index contributed by atoms with van der Waals surface area (Å²) in [6.07, 6.45) is 51.3. The molecule has 366 valence electrons. The normalized spacial score (nSPS) is 14.0. The summed E-state index contributed by atoms with van der Waals surface area (Å²) in [5.74, 6) is -0.158. The number of unbranched alkanes of at least 4 members (excludes halogenated alkanes) is 37. The Morgan fingerprint density at radius 2 is 0.803 bits per heavy atom. The van der Waals surface area contributed by atoms with E-state index in [1.807, 2.05) is 21.1 Å². The first kappa shape index (κ1) is 60.5. The molecule has 0 radical (unpaired) electrons. The number of rotatable bonds is 50. The lowest BCUT2D eigenvalue weighted by Gasteiger charge is -2.30. The number of nitrogens with one attached hydrogen (secondary N) is 1. The molecule has 8 nitrogen and oxygen atoms in total. The number of hydrogen-bond acceptors (Lipinski definition) is 6. The summed E-state index contributed by atoms with van der Waals surface area (Å²) >= 11 is 0. The molecule has 0 rings (SSSR count). The Kier molecular flexibility index (Phi) is 44.3. The average Bonchev–Trinajstić information content (AvgIpc) is 3.21. The second kappa shape index (κ2) is 44.7. The molecule has 0 fully saturated rings. The number of hydrogen-bond donors (Lipinski definition) is 2. The monoisotopic (exact) mass is 887 g/mol. The van der Waals surface area contributed by atoms with E-state index in [1.54, 1.807) is 0 Å². The minimum Gasteiger partial charge on any atom is -0.756 e. The van der Waals surface area contributed by atoms with Crippen LogP contribution >= 0.6 is 7.82 Å². The fraction of sp³-hybridized carbons (Fsp3) is 0.981. The molecular weight excluding hydrogens is 780 g/mol. The number of carbonyl (C=O) groups is 1. The van der Waals surface area contributed by atoms with E-state index in [0.717, 1.165) is 38.5 Å². The van der Waals surface area contributed by atoms with Crippen molar-refractivity contribution in [1.82, 2.24) is 5.32 Å². The Morgan fingerprint density at radius 1 is 0.508 bits per heavy atom. The predicted octanol–water partition coefficient (Wildman–Crippen LogP) is 15.1. The number of nitrogens with zero attached hydrogens (tertiary/aromatic N) is 1. The van der Waals surface area contributed by atoms with Crippen molar-refractivity contribution in [3.05, 3.63) is 0 Å². The van der Waals surface area contributed by atoms with Gasteiger partial charge in [-0.25, -0.2) is 0 Å². The van der Waals surface area contributed by atoms with Crippen molar-refractivity contribution in [2.24, 2.45) is 0 Å². The van der Waals surface area contributed by atoms with Crippen molar-refractivity contribution in [3.63, 3.8) is 0 Å². The molecule has 0 aliphatic heterocycles. The summed E-state index contributed by atoms with van der Waals surface area (Å²) in [5, 5.41) is 14.0. The molecule has 3 unspecified atom stereocenters. The first-order valence-corrected chi connectivity index (χ1v) is 28.3. The lowest BCUT2D eigenvalue weighted by atomic mass is 10.0. The molecular formula is C52H107N2O6P. The van der Waals surface area contributed by atoms with Crippen molar-refractivity contribution >= 4 is 13.7 Å². The number of aliphatic hydroxyl groups excluding tert-OH is 1. The Balaban J connectivity index is 4.07. The number of quaternary nitrogens is 1. The Bertz CT molecular complexity index is 963. The van der Waals surface area contributed by atoms with Gasteiger partial charge in [0, 0.05) is 6.42 Å². The first-order chi connectivity index (χ1) is 29.5. The van der Waals surface area contributed by atoms with Gasteiger partial charge in [0.25, 0.3) is 7.82 Å². The number of phosphoric ester groups is 1. The van der Waals surface area contributed by atoms with Gasteiger partial charge in [0.2, 0.25) is 5.91 Å². The largest absolute Gasteiger partial charge is 0.756 e. The molecule has 0 saturated heterocycles. The van der Waals surface area contributed by atoms with Crippen LogP contribution < -0.4 is 10.2 Å². The maximum Gasteiger partial charge on any atom is 0.268 e. The molecule has 2 N–H and O–H groups in total. The van der Waals surface area contributed by atoms with Crippen molar-refractivity contribution in [1.29, 1.82) is 0 Å². The van der Waals surface area contributed by atoms with Crippen LogP contribution in [0.3, 0.4) is 0 Å². The Morgan fingerprint density at radius 3 is 1.11 bits per heavy atom. The molecule has 61 heavy (non-hydrogen) atoms. The van der Waals surface area contributed by atoms with Gasteiger partial charge in [-0.2, -0.15) is 0 Å². The maximum atomic E-state index is 12.9. The van der Waals surface area contributed by atoms with Crippen LogP contribution in [0.25, 0.3) is 0 Å². The van der Waals surface area contributed by atoms with Gasteiger partial charge in [0.05, 0.1) is 39.9 Å². The molecule has 9 heteroatoms. The van der Waals surface area contributed by atoms with Crippen LogP contribution in [0.2, 0.25) is 0 Å². The van der Waals surface area contributed by atoms with Crippen LogP contribution in [-0.2, 0) is 18.4 Å². The summed E-state index contributed by atoms with van der Waals surface area (Å²) in [6, 6.07) is -0.793. The molecule has 0 bridgehead atoms. The van der Waals surface area contributed by atoms with Gasteiger partial charge in [-0.1, -0.05) is 258 Å². The third-order valence-electron chi connectivity index (χ3n) is 12.6. The van der Waals surface area contributed by atoms with Crippen LogP contribution in [0, 0.1) is 0 Å². The molecule has 0 spiro atoms. The summed E-state index contributed by atoms with van der Waals surface area (Å²) in [7, 11) is 1.32. The third kappa shape index (κ3) is 47.3. The molecule has 1 amide bonds. The highest BCUT2D eigenvalue weighted by molar-refractivity contribution is 7.45.